The van der Waals surface area contributed by atoms with Gasteiger partial charge in [-0.1, -0.05) is 60.7 Å². The van der Waals surface area contributed by atoms with Gasteiger partial charge in [-0.3, -0.25) is 9.48 Å². The van der Waals surface area contributed by atoms with Crippen LogP contribution >= 0.6 is 0 Å². The molecule has 35 heavy (non-hydrogen) atoms. The number of amides is 1. The van der Waals surface area contributed by atoms with Crippen LogP contribution in [0, 0.1) is 13.8 Å². The molecule has 0 aliphatic rings. The summed E-state index contributed by atoms with van der Waals surface area (Å²) in [5.74, 6) is 0.0868. The zero-order valence-electron chi connectivity index (χ0n) is 20.0. The number of methoxy groups -OCH3 is 1. The third-order valence-electron chi connectivity index (χ3n) is 5.82. The standard InChI is InChI=1S/C28H28N4O3/c1-20-16-21(2)32(31-20)19-23-17-22(14-15-26(23)35-3)18-29-30-27(33)28(34,24-10-6-4-7-11-24)25-12-8-5-9-13-25/h4-18,34H,19H2,1-3H3,(H,30,33)/b29-18-. The van der Waals surface area contributed by atoms with Crippen molar-refractivity contribution in [1.29, 1.82) is 0 Å². The molecule has 0 atom stereocenters. The van der Waals surface area contributed by atoms with Gasteiger partial charge in [0.1, 0.15) is 5.75 Å². The average Bonchev–Trinajstić information content (AvgIpc) is 3.20. The maximum Gasteiger partial charge on any atom is 0.281 e. The number of nitrogens with one attached hydrogen (secondary N) is 1. The fourth-order valence-corrected chi connectivity index (χ4v) is 4.03. The van der Waals surface area contributed by atoms with Crippen molar-refractivity contribution >= 4 is 12.1 Å². The Hall–Kier alpha value is -4.23. The second kappa shape index (κ2) is 10.4. The number of aliphatic hydroxyl groups is 1. The summed E-state index contributed by atoms with van der Waals surface area (Å²) in [5, 5.41) is 20.2. The second-order valence-corrected chi connectivity index (χ2v) is 8.30. The molecule has 7 heteroatoms. The number of carbonyl (C=O) groups excluding carboxylic acids is 1. The van der Waals surface area contributed by atoms with Gasteiger partial charge in [0, 0.05) is 11.3 Å². The molecule has 0 spiro atoms. The maximum atomic E-state index is 13.2. The lowest BCUT2D eigenvalue weighted by molar-refractivity contribution is -0.136. The Morgan fingerprint density at radius 1 is 1.03 bits per heavy atom. The van der Waals surface area contributed by atoms with Crippen LogP contribution in [0.4, 0.5) is 0 Å². The minimum Gasteiger partial charge on any atom is -0.496 e. The molecule has 0 bridgehead atoms. The maximum absolute atomic E-state index is 13.2. The number of aryl methyl sites for hydroxylation is 2. The van der Waals surface area contributed by atoms with Crippen LogP contribution in [0.5, 0.6) is 5.75 Å². The number of aromatic nitrogens is 2. The van der Waals surface area contributed by atoms with Crippen molar-refractivity contribution in [3.05, 3.63) is 119 Å². The minimum atomic E-state index is -1.89. The number of rotatable bonds is 8. The van der Waals surface area contributed by atoms with Crippen molar-refractivity contribution in [2.45, 2.75) is 26.0 Å². The van der Waals surface area contributed by atoms with Crippen LogP contribution in [0.25, 0.3) is 0 Å². The summed E-state index contributed by atoms with van der Waals surface area (Å²) in [6.07, 6.45) is 1.54. The van der Waals surface area contributed by atoms with Gasteiger partial charge in [-0.15, -0.1) is 0 Å². The molecule has 4 aromatic rings. The summed E-state index contributed by atoms with van der Waals surface area (Å²) in [4.78, 5) is 13.2. The van der Waals surface area contributed by atoms with Gasteiger partial charge >= 0.3 is 0 Å². The van der Waals surface area contributed by atoms with E-state index in [0.29, 0.717) is 17.7 Å². The molecule has 0 saturated heterocycles. The van der Waals surface area contributed by atoms with E-state index in [1.54, 1.807) is 61.9 Å². The number of nitrogens with zero attached hydrogens (tertiary/aromatic N) is 3. The Labute approximate surface area is 204 Å². The van der Waals surface area contributed by atoms with Gasteiger partial charge in [0.05, 0.1) is 25.6 Å². The summed E-state index contributed by atoms with van der Waals surface area (Å²) in [7, 11) is 1.63. The molecule has 2 N–H and O–H groups in total. The monoisotopic (exact) mass is 468 g/mol. The summed E-state index contributed by atoms with van der Waals surface area (Å²) < 4.78 is 7.43. The molecule has 4 rings (SSSR count). The van der Waals surface area contributed by atoms with E-state index in [-0.39, 0.29) is 0 Å². The normalized spacial score (nSPS) is 11.5. The fraction of sp³-hybridized carbons (Fsp3) is 0.179. The van der Waals surface area contributed by atoms with Crippen LogP contribution in [-0.2, 0) is 16.9 Å². The molecule has 0 radical (unpaired) electrons. The molecule has 1 heterocycles. The lowest BCUT2D eigenvalue weighted by Gasteiger charge is -2.27. The molecule has 0 unspecified atom stereocenters. The summed E-state index contributed by atoms with van der Waals surface area (Å²) in [6, 6.07) is 25.3. The van der Waals surface area contributed by atoms with Gasteiger partial charge < -0.3 is 9.84 Å². The minimum absolute atomic E-state index is 0.454. The zero-order valence-corrected chi connectivity index (χ0v) is 20.0. The van der Waals surface area contributed by atoms with Crippen LogP contribution in [0.2, 0.25) is 0 Å². The van der Waals surface area contributed by atoms with Crippen molar-refractivity contribution in [2.24, 2.45) is 5.10 Å². The van der Waals surface area contributed by atoms with E-state index in [0.717, 1.165) is 28.3 Å². The van der Waals surface area contributed by atoms with Gasteiger partial charge in [-0.25, -0.2) is 5.43 Å². The van der Waals surface area contributed by atoms with Crippen LogP contribution in [0.15, 0.2) is 90.0 Å². The van der Waals surface area contributed by atoms with E-state index in [2.05, 4.69) is 15.6 Å². The van der Waals surface area contributed by atoms with E-state index >= 15 is 0 Å². The van der Waals surface area contributed by atoms with E-state index in [9.17, 15) is 9.90 Å². The predicted molar refractivity (Wildman–Crippen MR) is 135 cm³/mol. The van der Waals surface area contributed by atoms with Crippen molar-refractivity contribution in [3.63, 3.8) is 0 Å². The van der Waals surface area contributed by atoms with Gasteiger partial charge in [-0.2, -0.15) is 10.2 Å². The first-order chi connectivity index (χ1) is 16.9. The lowest BCUT2D eigenvalue weighted by atomic mass is 9.85. The third kappa shape index (κ3) is 5.15. The van der Waals surface area contributed by atoms with E-state index < -0.39 is 11.5 Å². The molecule has 0 fully saturated rings. The number of ether oxygens (including phenoxy) is 1. The first-order valence-corrected chi connectivity index (χ1v) is 11.3. The molecule has 3 aromatic carbocycles. The van der Waals surface area contributed by atoms with Crippen LogP contribution in [0.1, 0.15) is 33.6 Å². The number of benzene rings is 3. The Balaban J connectivity index is 1.57. The Bertz CT molecular complexity index is 1290. The SMILES string of the molecule is COc1ccc(/C=N\NC(=O)C(O)(c2ccccc2)c2ccccc2)cc1Cn1nc(C)cc1C. The van der Waals surface area contributed by atoms with E-state index in [4.69, 9.17) is 4.74 Å². The van der Waals surface area contributed by atoms with Crippen molar-refractivity contribution in [2.75, 3.05) is 7.11 Å². The highest BCUT2D eigenvalue weighted by Gasteiger charge is 2.39. The molecule has 0 saturated carbocycles. The van der Waals surface area contributed by atoms with Crippen molar-refractivity contribution in [3.8, 4) is 5.75 Å². The molecular weight excluding hydrogens is 440 g/mol. The van der Waals surface area contributed by atoms with Gasteiger partial charge in [0.25, 0.3) is 5.91 Å². The molecule has 1 aromatic heterocycles. The van der Waals surface area contributed by atoms with Gasteiger partial charge in [-0.05, 0) is 54.8 Å². The van der Waals surface area contributed by atoms with Gasteiger partial charge in [0.2, 0.25) is 0 Å². The van der Waals surface area contributed by atoms with Crippen LogP contribution < -0.4 is 10.2 Å². The van der Waals surface area contributed by atoms with E-state index in [1.807, 2.05) is 54.9 Å². The highest BCUT2D eigenvalue weighted by atomic mass is 16.5. The predicted octanol–water partition coefficient (Wildman–Crippen LogP) is 3.94. The first kappa shape index (κ1) is 23.9. The summed E-state index contributed by atoms with van der Waals surface area (Å²) in [5.41, 5.74) is 5.23. The Morgan fingerprint density at radius 2 is 1.66 bits per heavy atom. The van der Waals surface area contributed by atoms with Crippen LogP contribution in [-0.4, -0.2) is 34.1 Å². The smallest absolute Gasteiger partial charge is 0.281 e. The number of hydrogen-bond donors (Lipinski definition) is 2. The third-order valence-corrected chi connectivity index (χ3v) is 5.82. The number of hydrogen-bond acceptors (Lipinski definition) is 5. The highest BCUT2D eigenvalue weighted by molar-refractivity contribution is 5.91. The molecule has 0 aliphatic carbocycles. The van der Waals surface area contributed by atoms with Crippen molar-refractivity contribution < 1.29 is 14.6 Å². The fourth-order valence-electron chi connectivity index (χ4n) is 4.03. The van der Waals surface area contributed by atoms with Crippen molar-refractivity contribution in [1.82, 2.24) is 15.2 Å². The van der Waals surface area contributed by atoms with E-state index in [1.165, 1.54) is 0 Å². The Morgan fingerprint density at radius 3 is 2.20 bits per heavy atom. The second-order valence-electron chi connectivity index (χ2n) is 8.30. The number of hydrazone groups is 1. The Kier molecular flexibility index (Phi) is 7.08. The quantitative estimate of drug-likeness (QED) is 0.303. The van der Waals surface area contributed by atoms with Crippen LogP contribution in [0.3, 0.4) is 0 Å². The zero-order chi connectivity index (χ0) is 24.8. The lowest BCUT2D eigenvalue weighted by Crippen LogP contribution is -2.43. The number of carbonyl (C=O) groups is 1. The molecule has 0 aliphatic heterocycles. The topological polar surface area (TPSA) is 88.7 Å². The average molecular weight is 469 g/mol. The molecule has 7 nitrogen and oxygen atoms in total. The summed E-state index contributed by atoms with van der Waals surface area (Å²) >= 11 is 0. The highest BCUT2D eigenvalue weighted by Crippen LogP contribution is 2.30. The molecule has 1 amide bonds. The molecular formula is C28H28N4O3. The molecule has 178 valence electrons. The first-order valence-electron chi connectivity index (χ1n) is 11.3. The summed E-state index contributed by atoms with van der Waals surface area (Å²) in [6.45, 7) is 4.51. The van der Waals surface area contributed by atoms with Gasteiger partial charge in [0.15, 0.2) is 5.60 Å². The largest absolute Gasteiger partial charge is 0.496 e.